The van der Waals surface area contributed by atoms with E-state index in [0.717, 1.165) is 29.2 Å². The van der Waals surface area contributed by atoms with Crippen molar-refractivity contribution in [1.29, 1.82) is 0 Å². The number of nitrogens with one attached hydrogen (secondary N) is 2. The van der Waals surface area contributed by atoms with Gasteiger partial charge in [-0.3, -0.25) is 5.43 Å². The monoisotopic (exact) mass is 360 g/mol. The van der Waals surface area contributed by atoms with Crippen LogP contribution < -0.4 is 15.5 Å². The van der Waals surface area contributed by atoms with Crippen molar-refractivity contribution in [2.45, 2.75) is 20.4 Å². The predicted octanol–water partition coefficient (Wildman–Crippen LogP) is 3.08. The number of hydrogen-bond donors (Lipinski definition) is 2. The molecule has 0 unspecified atom stereocenters. The average Bonchev–Trinajstić information content (AvgIpc) is 2.87. The first-order valence-electron chi connectivity index (χ1n) is 7.95. The Kier molecular flexibility index (Phi) is 6.97. The van der Waals surface area contributed by atoms with Gasteiger partial charge in [-0.05, 0) is 44.3 Å². The van der Waals surface area contributed by atoms with Crippen molar-refractivity contribution in [3.05, 3.63) is 47.3 Å². The third kappa shape index (κ3) is 5.04. The summed E-state index contributed by atoms with van der Waals surface area (Å²) in [6.07, 6.45) is 1.77. The van der Waals surface area contributed by atoms with Crippen LogP contribution in [-0.4, -0.2) is 36.7 Å². The van der Waals surface area contributed by atoms with E-state index in [9.17, 15) is 0 Å². The predicted molar refractivity (Wildman–Crippen MR) is 106 cm³/mol. The summed E-state index contributed by atoms with van der Waals surface area (Å²) in [6.45, 7) is 5.64. The molecule has 0 aliphatic heterocycles. The van der Waals surface area contributed by atoms with Crippen LogP contribution in [0.4, 0.5) is 5.69 Å². The molecule has 7 heteroatoms. The molecule has 2 aromatic rings. The molecule has 0 radical (unpaired) electrons. The van der Waals surface area contributed by atoms with Crippen molar-refractivity contribution >= 4 is 29.2 Å². The molecule has 0 amide bonds. The van der Waals surface area contributed by atoms with Crippen molar-refractivity contribution < 1.29 is 9.47 Å². The molecule has 1 heterocycles. The Morgan fingerprint density at radius 3 is 2.76 bits per heavy atom. The summed E-state index contributed by atoms with van der Waals surface area (Å²) in [7, 11) is 3.32. The van der Waals surface area contributed by atoms with Crippen molar-refractivity contribution in [2.24, 2.45) is 5.10 Å². The van der Waals surface area contributed by atoms with Gasteiger partial charge in [0.05, 0.1) is 25.6 Å². The van der Waals surface area contributed by atoms with E-state index in [1.807, 2.05) is 24.3 Å². The molecule has 0 atom stereocenters. The number of anilines is 1. The van der Waals surface area contributed by atoms with E-state index in [0.29, 0.717) is 11.7 Å². The second-order valence-electron chi connectivity index (χ2n) is 5.50. The molecule has 134 valence electrons. The summed E-state index contributed by atoms with van der Waals surface area (Å²) < 4.78 is 12.6. The van der Waals surface area contributed by atoms with E-state index in [2.05, 4.69) is 40.3 Å². The molecule has 6 nitrogen and oxygen atoms in total. The number of rotatable bonds is 7. The van der Waals surface area contributed by atoms with Gasteiger partial charge in [0, 0.05) is 30.6 Å². The molecule has 1 aromatic heterocycles. The summed E-state index contributed by atoms with van der Waals surface area (Å²) in [4.78, 5) is 0. The average molecular weight is 360 g/mol. The normalized spacial score (nSPS) is 10.9. The zero-order valence-corrected chi connectivity index (χ0v) is 15.8. The Balaban J connectivity index is 1.97. The third-order valence-corrected chi connectivity index (χ3v) is 4.05. The number of aromatic nitrogens is 1. The number of benzene rings is 1. The molecule has 0 fully saturated rings. The number of nitrogens with zero attached hydrogens (tertiary/aromatic N) is 2. The second-order valence-corrected chi connectivity index (χ2v) is 5.90. The highest BCUT2D eigenvalue weighted by atomic mass is 32.1. The number of ether oxygens (including phenoxy) is 2. The first-order valence-corrected chi connectivity index (χ1v) is 8.36. The molecule has 1 aromatic carbocycles. The maximum atomic E-state index is 5.28. The van der Waals surface area contributed by atoms with Crippen molar-refractivity contribution in [3.8, 4) is 5.75 Å². The van der Waals surface area contributed by atoms with E-state index in [1.54, 1.807) is 20.4 Å². The largest absolute Gasteiger partial charge is 0.495 e. The summed E-state index contributed by atoms with van der Waals surface area (Å²) >= 11 is 5.27. The Hall–Kier alpha value is -2.38. The van der Waals surface area contributed by atoms with Gasteiger partial charge in [-0.15, -0.1) is 0 Å². The minimum atomic E-state index is 0.397. The molecule has 2 N–H and O–H groups in total. The van der Waals surface area contributed by atoms with Gasteiger partial charge in [0.2, 0.25) is 0 Å². The smallest absolute Gasteiger partial charge is 0.191 e. The van der Waals surface area contributed by atoms with Crippen LogP contribution in [0.25, 0.3) is 0 Å². The molecule has 0 saturated carbocycles. The van der Waals surface area contributed by atoms with E-state index in [4.69, 9.17) is 21.7 Å². The second kappa shape index (κ2) is 9.19. The highest BCUT2D eigenvalue weighted by Gasteiger charge is 2.07. The Bertz CT molecular complexity index is 756. The number of thiocarbonyl (C=S) groups is 1. The minimum absolute atomic E-state index is 0.397. The molecular weight excluding hydrogens is 336 g/mol. The Morgan fingerprint density at radius 1 is 1.28 bits per heavy atom. The van der Waals surface area contributed by atoms with Gasteiger partial charge in [-0.1, -0.05) is 12.1 Å². The molecule has 0 aliphatic rings. The molecule has 0 aliphatic carbocycles. The van der Waals surface area contributed by atoms with Gasteiger partial charge in [-0.25, -0.2) is 0 Å². The molecular formula is C18H24N4O2S. The van der Waals surface area contributed by atoms with Crippen molar-refractivity contribution in [2.75, 3.05) is 26.1 Å². The van der Waals surface area contributed by atoms with Gasteiger partial charge in [-0.2, -0.15) is 5.10 Å². The fourth-order valence-electron chi connectivity index (χ4n) is 2.54. The van der Waals surface area contributed by atoms with E-state index in [-0.39, 0.29) is 0 Å². The lowest BCUT2D eigenvalue weighted by molar-refractivity contribution is 0.186. The lowest BCUT2D eigenvalue weighted by Crippen LogP contribution is -2.24. The number of hydrazone groups is 1. The van der Waals surface area contributed by atoms with Crippen LogP contribution in [0, 0.1) is 13.8 Å². The van der Waals surface area contributed by atoms with Crippen LogP contribution in [0.15, 0.2) is 35.4 Å². The van der Waals surface area contributed by atoms with Gasteiger partial charge >= 0.3 is 0 Å². The van der Waals surface area contributed by atoms with E-state index >= 15 is 0 Å². The summed E-state index contributed by atoms with van der Waals surface area (Å²) in [5, 5.41) is 7.69. The number of hydrogen-bond acceptors (Lipinski definition) is 4. The standard InChI is InChI=1S/C18H24N4O2S/c1-13-11-15(14(2)22(13)9-10-23-3)12-19-21-18(25)20-16-7-5-6-8-17(16)24-4/h5-8,11-12H,9-10H2,1-4H3,(H2,20,21,25)/b19-12+. The molecule has 0 spiro atoms. The Morgan fingerprint density at radius 2 is 2.04 bits per heavy atom. The van der Waals surface area contributed by atoms with Crippen molar-refractivity contribution in [1.82, 2.24) is 9.99 Å². The van der Waals surface area contributed by atoms with Crippen LogP contribution in [0.1, 0.15) is 17.0 Å². The fraction of sp³-hybridized carbons (Fsp3) is 0.333. The molecule has 0 bridgehead atoms. The van der Waals surface area contributed by atoms with Gasteiger partial charge in [0.1, 0.15) is 5.75 Å². The quantitative estimate of drug-likeness (QED) is 0.451. The van der Waals surface area contributed by atoms with Gasteiger partial charge < -0.3 is 19.4 Å². The lowest BCUT2D eigenvalue weighted by atomic mass is 10.3. The number of aryl methyl sites for hydroxylation is 1. The van der Waals surface area contributed by atoms with Crippen molar-refractivity contribution in [3.63, 3.8) is 0 Å². The maximum absolute atomic E-state index is 5.28. The zero-order chi connectivity index (χ0) is 18.2. The molecule has 25 heavy (non-hydrogen) atoms. The van der Waals surface area contributed by atoms with Crippen LogP contribution in [0.3, 0.4) is 0 Å². The fourth-order valence-corrected chi connectivity index (χ4v) is 2.71. The third-order valence-electron chi connectivity index (χ3n) is 3.86. The van der Waals surface area contributed by atoms with Crippen LogP contribution >= 0.6 is 12.2 Å². The minimum Gasteiger partial charge on any atom is -0.495 e. The van der Waals surface area contributed by atoms with Crippen LogP contribution in [-0.2, 0) is 11.3 Å². The van der Waals surface area contributed by atoms with E-state index in [1.165, 1.54) is 5.69 Å². The summed E-state index contributed by atoms with van der Waals surface area (Å²) in [6, 6.07) is 9.65. The van der Waals surface area contributed by atoms with Crippen LogP contribution in [0.2, 0.25) is 0 Å². The number of para-hydroxylation sites is 2. The number of methoxy groups -OCH3 is 2. The summed E-state index contributed by atoms with van der Waals surface area (Å²) in [5.41, 5.74) is 6.97. The summed E-state index contributed by atoms with van der Waals surface area (Å²) in [5.74, 6) is 0.720. The van der Waals surface area contributed by atoms with Crippen LogP contribution in [0.5, 0.6) is 5.75 Å². The lowest BCUT2D eigenvalue weighted by Gasteiger charge is -2.10. The first-order chi connectivity index (χ1) is 12.1. The van der Waals surface area contributed by atoms with Gasteiger partial charge in [0.15, 0.2) is 5.11 Å². The highest BCUT2D eigenvalue weighted by molar-refractivity contribution is 7.80. The topological polar surface area (TPSA) is 59.8 Å². The maximum Gasteiger partial charge on any atom is 0.191 e. The molecule has 0 saturated heterocycles. The molecule has 2 rings (SSSR count). The highest BCUT2D eigenvalue weighted by Crippen LogP contribution is 2.22. The zero-order valence-electron chi connectivity index (χ0n) is 15.0. The first kappa shape index (κ1) is 19.0. The Labute approximate surface area is 153 Å². The van der Waals surface area contributed by atoms with Gasteiger partial charge in [0.25, 0.3) is 0 Å². The van der Waals surface area contributed by atoms with E-state index < -0.39 is 0 Å². The SMILES string of the molecule is COCCn1c(C)cc(/C=N/NC(=S)Nc2ccccc2OC)c1C.